The van der Waals surface area contributed by atoms with Crippen molar-refractivity contribution < 1.29 is 9.18 Å². The molecule has 0 spiro atoms. The number of nitriles is 1. The number of hydrogen-bond donors (Lipinski definition) is 3. The molecule has 1 atom stereocenters. The second kappa shape index (κ2) is 8.34. The van der Waals surface area contributed by atoms with Crippen LogP contribution in [0.15, 0.2) is 48.8 Å². The molecule has 0 bridgehead atoms. The van der Waals surface area contributed by atoms with Gasteiger partial charge in [0.05, 0.1) is 39.1 Å². The number of halogens is 2. The maximum absolute atomic E-state index is 14.8. The van der Waals surface area contributed by atoms with Crippen LogP contribution in [0.5, 0.6) is 0 Å². The van der Waals surface area contributed by atoms with E-state index in [4.69, 9.17) is 28.3 Å². The lowest BCUT2D eigenvalue weighted by Gasteiger charge is -2.42. The zero-order valence-corrected chi connectivity index (χ0v) is 18.1. The van der Waals surface area contributed by atoms with Crippen LogP contribution in [-0.4, -0.2) is 17.9 Å². The first-order chi connectivity index (χ1) is 13.8. The second-order valence-corrected chi connectivity index (χ2v) is 8.22. The van der Waals surface area contributed by atoms with Gasteiger partial charge in [0.2, 0.25) is 5.91 Å². The summed E-state index contributed by atoms with van der Waals surface area (Å²) in [5.74, 6) is -0.880. The molecule has 0 aromatic heterocycles. The van der Waals surface area contributed by atoms with Crippen LogP contribution in [0.4, 0.5) is 15.8 Å². The monoisotopic (exact) mass is 429 g/mol. The molecule has 0 saturated heterocycles. The quantitative estimate of drug-likeness (QED) is 0.638. The van der Waals surface area contributed by atoms with Crippen molar-refractivity contribution in [2.75, 3.05) is 12.4 Å². The number of nitrogens with one attached hydrogen (secondary N) is 1. The lowest BCUT2D eigenvalue weighted by atomic mass is 9.68. The standard InChI is InChI=1S/C22H25ClFN5O/c1-13(26)29(5)20(30)21(2,3)22(4,27)16-11-15(7-8-18(16)24)28-19-9-6-14(12-25)10-17(19)23/h6-11,28H,1,26-27H2,2-5H3/t22-/m1/s1. The largest absolute Gasteiger partial charge is 0.386 e. The Balaban J connectivity index is 2.46. The minimum atomic E-state index is -1.38. The summed E-state index contributed by atoms with van der Waals surface area (Å²) >= 11 is 6.22. The van der Waals surface area contributed by atoms with Crippen molar-refractivity contribution in [2.45, 2.75) is 26.3 Å². The smallest absolute Gasteiger partial charge is 0.235 e. The van der Waals surface area contributed by atoms with Crippen molar-refractivity contribution in [1.82, 2.24) is 4.90 Å². The fraction of sp³-hybridized carbons (Fsp3) is 0.273. The average molecular weight is 430 g/mol. The van der Waals surface area contributed by atoms with Gasteiger partial charge in [0.1, 0.15) is 5.82 Å². The Morgan fingerprint density at radius 3 is 2.43 bits per heavy atom. The maximum atomic E-state index is 14.8. The van der Waals surface area contributed by atoms with Crippen LogP contribution in [-0.2, 0) is 10.3 Å². The van der Waals surface area contributed by atoms with Crippen LogP contribution in [0.3, 0.4) is 0 Å². The highest BCUT2D eigenvalue weighted by molar-refractivity contribution is 6.33. The molecule has 2 rings (SSSR count). The molecule has 2 aromatic rings. The summed E-state index contributed by atoms with van der Waals surface area (Å²) < 4.78 is 14.8. The van der Waals surface area contributed by atoms with Gasteiger partial charge in [-0.3, -0.25) is 4.79 Å². The molecule has 2 aromatic carbocycles. The second-order valence-electron chi connectivity index (χ2n) is 7.81. The SMILES string of the molecule is C=C(N)N(C)C(=O)C(C)(C)[C@](C)(N)c1cc(Nc2ccc(C#N)cc2Cl)ccc1F. The number of carbonyl (C=O) groups excluding carboxylic acids is 1. The molecule has 8 heteroatoms. The maximum Gasteiger partial charge on any atom is 0.235 e. The highest BCUT2D eigenvalue weighted by Crippen LogP contribution is 2.41. The molecule has 0 heterocycles. The van der Waals surface area contributed by atoms with Crippen LogP contribution >= 0.6 is 11.6 Å². The zero-order chi connectivity index (χ0) is 22.9. The predicted molar refractivity (Wildman–Crippen MR) is 117 cm³/mol. The molecular formula is C22H25ClFN5O. The van der Waals surface area contributed by atoms with E-state index < -0.39 is 22.7 Å². The van der Waals surface area contributed by atoms with Gasteiger partial charge in [-0.05, 0) is 57.2 Å². The van der Waals surface area contributed by atoms with E-state index in [0.717, 1.165) is 0 Å². The lowest BCUT2D eigenvalue weighted by Crippen LogP contribution is -2.56. The number of carbonyl (C=O) groups is 1. The molecule has 0 fully saturated rings. The molecule has 0 saturated carbocycles. The fourth-order valence-corrected chi connectivity index (χ4v) is 3.18. The van der Waals surface area contributed by atoms with Crippen molar-refractivity contribution in [2.24, 2.45) is 16.9 Å². The highest BCUT2D eigenvalue weighted by atomic mass is 35.5. The summed E-state index contributed by atoms with van der Waals surface area (Å²) in [6.07, 6.45) is 0. The third-order valence-electron chi connectivity index (χ3n) is 5.47. The first kappa shape index (κ1) is 23.2. The Morgan fingerprint density at radius 2 is 1.90 bits per heavy atom. The molecule has 1 amide bonds. The lowest BCUT2D eigenvalue weighted by molar-refractivity contribution is -0.141. The van der Waals surface area contributed by atoms with Gasteiger partial charge >= 0.3 is 0 Å². The summed E-state index contributed by atoms with van der Waals surface area (Å²) in [6.45, 7) is 8.42. The number of benzene rings is 2. The molecular weight excluding hydrogens is 405 g/mol. The number of nitrogens with two attached hydrogens (primary N) is 2. The molecule has 0 aliphatic heterocycles. The number of anilines is 2. The van der Waals surface area contributed by atoms with Gasteiger partial charge in [0.15, 0.2) is 0 Å². The van der Waals surface area contributed by atoms with Crippen molar-refractivity contribution >= 4 is 28.9 Å². The van der Waals surface area contributed by atoms with Crippen molar-refractivity contribution in [3.05, 3.63) is 70.8 Å². The summed E-state index contributed by atoms with van der Waals surface area (Å²) in [4.78, 5) is 14.1. The Hall–Kier alpha value is -3.08. The number of hydrogen-bond acceptors (Lipinski definition) is 5. The fourth-order valence-electron chi connectivity index (χ4n) is 2.95. The van der Waals surface area contributed by atoms with Crippen molar-refractivity contribution in [3.63, 3.8) is 0 Å². The van der Waals surface area contributed by atoms with Crippen LogP contribution in [0, 0.1) is 22.6 Å². The summed E-state index contributed by atoms with van der Waals surface area (Å²) in [6, 6.07) is 11.1. The Labute approximate surface area is 180 Å². The van der Waals surface area contributed by atoms with Gasteiger partial charge < -0.3 is 21.7 Å². The van der Waals surface area contributed by atoms with Crippen LogP contribution in [0.25, 0.3) is 0 Å². The van der Waals surface area contributed by atoms with E-state index in [1.165, 1.54) is 36.2 Å². The minimum absolute atomic E-state index is 0.0650. The van der Waals surface area contributed by atoms with Gasteiger partial charge in [-0.1, -0.05) is 18.2 Å². The van der Waals surface area contributed by atoms with Gasteiger partial charge in [-0.25, -0.2) is 4.39 Å². The first-order valence-corrected chi connectivity index (χ1v) is 9.49. The van der Waals surface area contributed by atoms with E-state index in [9.17, 15) is 9.18 Å². The molecule has 0 radical (unpaired) electrons. The molecule has 30 heavy (non-hydrogen) atoms. The normalized spacial score (nSPS) is 13.1. The van der Waals surface area contributed by atoms with Crippen molar-refractivity contribution in [1.29, 1.82) is 5.26 Å². The zero-order valence-electron chi connectivity index (χ0n) is 17.4. The van der Waals surface area contributed by atoms with E-state index in [-0.39, 0.29) is 11.4 Å². The van der Waals surface area contributed by atoms with Crippen LogP contribution in [0.2, 0.25) is 5.02 Å². The third-order valence-corrected chi connectivity index (χ3v) is 5.78. The predicted octanol–water partition coefficient (Wildman–Crippen LogP) is 4.18. The van der Waals surface area contributed by atoms with E-state index in [0.29, 0.717) is 22.0 Å². The molecule has 158 valence electrons. The van der Waals surface area contributed by atoms with Gasteiger partial charge in [-0.15, -0.1) is 0 Å². The minimum Gasteiger partial charge on any atom is -0.386 e. The van der Waals surface area contributed by atoms with E-state index in [1.54, 1.807) is 32.9 Å². The Bertz CT molecular complexity index is 1040. The Kier molecular flexibility index (Phi) is 6.45. The van der Waals surface area contributed by atoms with Gasteiger partial charge in [0, 0.05) is 18.3 Å². The summed E-state index contributed by atoms with van der Waals surface area (Å²) in [7, 11) is 1.49. The first-order valence-electron chi connectivity index (χ1n) is 9.11. The van der Waals surface area contributed by atoms with Gasteiger partial charge in [-0.2, -0.15) is 5.26 Å². The molecule has 6 nitrogen and oxygen atoms in total. The number of nitrogens with zero attached hydrogens (tertiary/aromatic N) is 2. The molecule has 0 aliphatic rings. The molecule has 0 unspecified atom stereocenters. The van der Waals surface area contributed by atoms with Gasteiger partial charge in [0.25, 0.3) is 0 Å². The topological polar surface area (TPSA) is 108 Å². The van der Waals surface area contributed by atoms with Crippen LogP contribution < -0.4 is 16.8 Å². The number of amides is 1. The third kappa shape index (κ3) is 4.25. The van der Waals surface area contributed by atoms with E-state index in [2.05, 4.69) is 11.9 Å². The van der Waals surface area contributed by atoms with E-state index >= 15 is 0 Å². The summed E-state index contributed by atoms with van der Waals surface area (Å²) in [5.41, 5.74) is 11.2. The highest BCUT2D eigenvalue weighted by Gasteiger charge is 2.47. The molecule has 5 N–H and O–H groups in total. The van der Waals surface area contributed by atoms with Crippen LogP contribution in [0.1, 0.15) is 31.9 Å². The molecule has 0 aliphatic carbocycles. The van der Waals surface area contributed by atoms with Crippen molar-refractivity contribution in [3.8, 4) is 6.07 Å². The summed E-state index contributed by atoms with van der Waals surface area (Å²) in [5, 5.41) is 12.4. The van der Waals surface area contributed by atoms with E-state index in [1.807, 2.05) is 6.07 Å². The Morgan fingerprint density at radius 1 is 1.27 bits per heavy atom. The number of rotatable bonds is 6. The average Bonchev–Trinajstić information content (AvgIpc) is 2.69.